The highest BCUT2D eigenvalue weighted by atomic mass is 16.5. The van der Waals surface area contributed by atoms with Gasteiger partial charge in [-0.2, -0.15) is 0 Å². The number of rotatable bonds is 8. The van der Waals surface area contributed by atoms with Crippen LogP contribution >= 0.6 is 0 Å². The van der Waals surface area contributed by atoms with Crippen molar-refractivity contribution in [1.82, 2.24) is 15.1 Å². The summed E-state index contributed by atoms with van der Waals surface area (Å²) in [7, 11) is 4.35. The fraction of sp³-hybridized carbons (Fsp3) is 0.484. The van der Waals surface area contributed by atoms with E-state index in [1.54, 1.807) is 12.1 Å². The van der Waals surface area contributed by atoms with E-state index < -0.39 is 0 Å². The van der Waals surface area contributed by atoms with Crippen molar-refractivity contribution in [3.05, 3.63) is 77.4 Å². The van der Waals surface area contributed by atoms with Crippen LogP contribution in [0.5, 0.6) is 11.5 Å². The topological polar surface area (TPSA) is 48.0 Å². The summed E-state index contributed by atoms with van der Waals surface area (Å²) in [6.07, 6.45) is 8.00. The molecule has 0 bridgehead atoms. The molecule has 2 heterocycles. The van der Waals surface area contributed by atoms with Gasteiger partial charge in [0, 0.05) is 45.9 Å². The van der Waals surface area contributed by atoms with E-state index in [9.17, 15) is 5.11 Å². The zero-order chi connectivity index (χ0) is 24.1. The third kappa shape index (κ3) is 7.37. The first kappa shape index (κ1) is 29.5. The van der Waals surface area contributed by atoms with Gasteiger partial charge in [-0.1, -0.05) is 40.0 Å². The molecule has 200 valence electrons. The summed E-state index contributed by atoms with van der Waals surface area (Å²) < 4.78 is 6.42. The van der Waals surface area contributed by atoms with Gasteiger partial charge in [0.25, 0.3) is 0 Å². The van der Waals surface area contributed by atoms with Gasteiger partial charge in [-0.3, -0.25) is 0 Å². The van der Waals surface area contributed by atoms with Crippen molar-refractivity contribution in [2.24, 2.45) is 0 Å². The maximum Gasteiger partial charge on any atom is 0.120 e. The Kier molecular flexibility index (Phi) is 11.1. The monoisotopic (exact) mass is 495 g/mol. The molecule has 4 rings (SSSR count). The molecule has 36 heavy (non-hydrogen) atoms. The fourth-order valence-corrected chi connectivity index (χ4v) is 5.14. The molecule has 2 aromatic carbocycles. The van der Waals surface area contributed by atoms with Crippen LogP contribution in [-0.4, -0.2) is 60.3 Å². The zero-order valence-electron chi connectivity index (χ0n) is 21.0. The van der Waals surface area contributed by atoms with Gasteiger partial charge in [0.05, 0.1) is 0 Å². The number of benzene rings is 2. The van der Waals surface area contributed by atoms with Crippen molar-refractivity contribution < 1.29 is 11.3 Å². The summed E-state index contributed by atoms with van der Waals surface area (Å²) in [5, 5.41) is 13.1. The molecule has 2 aliphatic heterocycles. The van der Waals surface area contributed by atoms with Gasteiger partial charge in [0.1, 0.15) is 17.6 Å². The number of phenols is 1. The van der Waals surface area contributed by atoms with E-state index in [2.05, 4.69) is 79.5 Å². The van der Waals surface area contributed by atoms with Gasteiger partial charge in [-0.15, -0.1) is 0 Å². The second kappa shape index (κ2) is 13.5. The minimum Gasteiger partial charge on any atom is -0.508 e. The van der Waals surface area contributed by atoms with Crippen molar-refractivity contribution in [2.75, 3.05) is 27.2 Å². The van der Waals surface area contributed by atoms with E-state index in [1.807, 2.05) is 12.1 Å². The number of allylic oxidation sites excluding steroid dienone is 2. The van der Waals surface area contributed by atoms with E-state index in [0.717, 1.165) is 43.8 Å². The maximum absolute atomic E-state index is 9.53. The number of nitrogens with zero attached hydrogens (tertiary/aromatic N) is 2. The van der Waals surface area contributed by atoms with Gasteiger partial charge in [-0.05, 0) is 92.4 Å². The summed E-state index contributed by atoms with van der Waals surface area (Å²) >= 11 is 0. The number of likely N-dealkylation sites (tertiary alicyclic amines) is 1. The molecule has 1 fully saturated rings. The van der Waals surface area contributed by atoms with Gasteiger partial charge in [-0.25, -0.2) is 0 Å². The van der Waals surface area contributed by atoms with Crippen LogP contribution in [0.15, 0.2) is 66.3 Å². The minimum atomic E-state index is 0. The standard InChI is InChI=1S/C29H39N3O2.2CH4.H2/c1-5-25-17-28(15-21(2)32(25)4)34-27-8-6-7-22(16-27)18-30-19-23-9-14-29(31(3)20-23)24-10-12-26(33)13-11-24;;;/h6-14,16,21,25,28,30,33H,5,15,17-20H2,1-4H3;2*1H4;1H/t21?,25?,28-;;;/m0.../s1. The average molecular weight is 496 g/mol. The molecule has 2 N–H and O–H groups in total. The Morgan fingerprint density at radius 1 is 1.03 bits per heavy atom. The third-order valence-electron chi connectivity index (χ3n) is 7.26. The number of hydrogen-bond acceptors (Lipinski definition) is 5. The van der Waals surface area contributed by atoms with Gasteiger partial charge in [0.15, 0.2) is 0 Å². The summed E-state index contributed by atoms with van der Waals surface area (Å²) in [6.45, 7) is 7.12. The molecular weight excluding hydrogens is 446 g/mol. The van der Waals surface area contributed by atoms with Crippen molar-refractivity contribution in [3.8, 4) is 11.5 Å². The van der Waals surface area contributed by atoms with Crippen molar-refractivity contribution in [2.45, 2.75) is 72.7 Å². The van der Waals surface area contributed by atoms with E-state index in [1.165, 1.54) is 23.3 Å². The lowest BCUT2D eigenvalue weighted by Crippen LogP contribution is -2.48. The molecule has 0 aromatic heterocycles. The summed E-state index contributed by atoms with van der Waals surface area (Å²) in [5.41, 5.74) is 4.88. The number of piperidine rings is 1. The number of phenolic OH excluding ortho intramolecular Hbond substituents is 1. The van der Waals surface area contributed by atoms with Crippen LogP contribution in [0.2, 0.25) is 0 Å². The van der Waals surface area contributed by atoms with Gasteiger partial charge in [0.2, 0.25) is 0 Å². The third-order valence-corrected chi connectivity index (χ3v) is 7.26. The highest BCUT2D eigenvalue weighted by Gasteiger charge is 2.31. The Morgan fingerprint density at radius 2 is 1.78 bits per heavy atom. The first-order chi connectivity index (χ1) is 16.4. The number of likely N-dealkylation sites (N-methyl/N-ethyl adjacent to an activating group) is 1. The first-order valence-electron chi connectivity index (χ1n) is 12.5. The number of ether oxygens (including phenoxy) is 1. The predicted molar refractivity (Wildman–Crippen MR) is 155 cm³/mol. The molecule has 0 saturated carbocycles. The molecule has 2 aliphatic rings. The van der Waals surface area contributed by atoms with E-state index in [4.69, 9.17) is 4.74 Å². The summed E-state index contributed by atoms with van der Waals surface area (Å²) in [4.78, 5) is 4.75. The molecule has 0 aliphatic carbocycles. The Labute approximate surface area is 221 Å². The predicted octanol–water partition coefficient (Wildman–Crippen LogP) is 6.55. The molecule has 5 nitrogen and oxygen atoms in total. The smallest absolute Gasteiger partial charge is 0.120 e. The normalized spacial score (nSPS) is 22.1. The maximum atomic E-state index is 9.53. The number of aromatic hydroxyl groups is 1. The van der Waals surface area contributed by atoms with Crippen LogP contribution < -0.4 is 10.1 Å². The van der Waals surface area contributed by atoms with Crippen LogP contribution in [0.4, 0.5) is 0 Å². The molecule has 2 unspecified atom stereocenters. The molecule has 3 atom stereocenters. The lowest BCUT2D eigenvalue weighted by Gasteiger charge is -2.41. The molecular formula is C31H49N3O2. The van der Waals surface area contributed by atoms with Crippen LogP contribution in [0, 0.1) is 0 Å². The van der Waals surface area contributed by atoms with Crippen LogP contribution in [0.25, 0.3) is 5.70 Å². The SMILES string of the molecule is C.C.CCC1C[C@@H](Oc2cccc(CNCC3=CC=C(c4ccc(O)cc4)N(C)C3)c2)CC(C)N1C.[HH]. The highest BCUT2D eigenvalue weighted by Crippen LogP contribution is 2.28. The van der Waals surface area contributed by atoms with Crippen molar-refractivity contribution in [3.63, 3.8) is 0 Å². The molecule has 0 spiro atoms. The Bertz CT molecular complexity index is 1020. The largest absolute Gasteiger partial charge is 0.508 e. The minimum absolute atomic E-state index is 0. The quantitative estimate of drug-likeness (QED) is 0.435. The van der Waals surface area contributed by atoms with Crippen molar-refractivity contribution >= 4 is 5.70 Å². The first-order valence-corrected chi connectivity index (χ1v) is 12.5. The zero-order valence-corrected chi connectivity index (χ0v) is 21.0. The fourth-order valence-electron chi connectivity index (χ4n) is 5.14. The average Bonchev–Trinajstić information content (AvgIpc) is 2.82. The van der Waals surface area contributed by atoms with E-state index >= 15 is 0 Å². The second-order valence-electron chi connectivity index (χ2n) is 9.82. The summed E-state index contributed by atoms with van der Waals surface area (Å²) in [6, 6.07) is 17.1. The van der Waals surface area contributed by atoms with Crippen LogP contribution in [-0.2, 0) is 6.54 Å². The second-order valence-corrected chi connectivity index (χ2v) is 9.82. The van der Waals surface area contributed by atoms with Crippen LogP contribution in [0.3, 0.4) is 0 Å². The van der Waals surface area contributed by atoms with Gasteiger partial charge < -0.3 is 25.0 Å². The molecule has 2 aromatic rings. The lowest BCUT2D eigenvalue weighted by molar-refractivity contribution is 0.0344. The van der Waals surface area contributed by atoms with Gasteiger partial charge >= 0.3 is 0 Å². The Balaban J connectivity index is 0.00000228. The molecule has 5 heteroatoms. The molecule has 0 amide bonds. The van der Waals surface area contributed by atoms with Crippen molar-refractivity contribution in [1.29, 1.82) is 0 Å². The Morgan fingerprint density at radius 3 is 2.47 bits per heavy atom. The van der Waals surface area contributed by atoms with Crippen LogP contribution in [0.1, 0.15) is 60.5 Å². The number of nitrogens with one attached hydrogen (secondary N) is 1. The summed E-state index contributed by atoms with van der Waals surface area (Å²) in [5.74, 6) is 1.28. The number of hydrogen-bond donors (Lipinski definition) is 2. The lowest BCUT2D eigenvalue weighted by atomic mass is 9.93. The van der Waals surface area contributed by atoms with E-state index in [0.29, 0.717) is 17.8 Å². The van der Waals surface area contributed by atoms with E-state index in [-0.39, 0.29) is 22.4 Å². The molecule has 1 saturated heterocycles. The highest BCUT2D eigenvalue weighted by molar-refractivity contribution is 5.67. The molecule has 0 radical (unpaired) electrons. The Hall–Kier alpha value is -2.76.